The summed E-state index contributed by atoms with van der Waals surface area (Å²) in [6.07, 6.45) is 0.781. The van der Waals surface area contributed by atoms with Gasteiger partial charge >= 0.3 is 0 Å². The van der Waals surface area contributed by atoms with Crippen LogP contribution in [-0.4, -0.2) is 80.2 Å². The van der Waals surface area contributed by atoms with Crippen molar-refractivity contribution in [1.82, 2.24) is 0 Å². The first-order chi connectivity index (χ1) is 11.9. The Balaban J connectivity index is 1.50. The summed E-state index contributed by atoms with van der Waals surface area (Å²) in [5.74, 6) is 0.234. The molecule has 0 atom stereocenters. The molecule has 3 fully saturated rings. The highest BCUT2D eigenvalue weighted by Gasteiger charge is 2.47. The van der Waals surface area contributed by atoms with Gasteiger partial charge in [-0.1, -0.05) is 12.1 Å². The Morgan fingerprint density at radius 1 is 1.08 bits per heavy atom. The molecule has 1 aromatic rings. The van der Waals surface area contributed by atoms with E-state index in [1.807, 2.05) is 24.3 Å². The fourth-order valence-corrected chi connectivity index (χ4v) is 3.84. The van der Waals surface area contributed by atoms with Crippen LogP contribution in [0.1, 0.15) is 5.56 Å². The van der Waals surface area contributed by atoms with Gasteiger partial charge in [-0.15, -0.1) is 0 Å². The zero-order valence-corrected chi connectivity index (χ0v) is 15.1. The average molecular weight is 346 g/mol. The number of anilines is 1. The lowest BCUT2D eigenvalue weighted by Gasteiger charge is -2.53. The monoisotopic (exact) mass is 346 g/mol. The molecule has 25 heavy (non-hydrogen) atoms. The highest BCUT2D eigenvalue weighted by Crippen LogP contribution is 2.24. The van der Waals surface area contributed by atoms with Gasteiger partial charge in [0.15, 0.2) is 12.5 Å². The number of carbonyl (C=O) groups is 1. The minimum absolute atomic E-state index is 0.117. The second kappa shape index (κ2) is 7.01. The summed E-state index contributed by atoms with van der Waals surface area (Å²) in [5.41, 5.74) is 12.6. The van der Waals surface area contributed by atoms with Gasteiger partial charge in [-0.25, -0.2) is 0 Å². The molecule has 136 valence electrons. The number of rotatable bonds is 6. The lowest BCUT2D eigenvalue weighted by molar-refractivity contribution is -1.07. The highest BCUT2D eigenvalue weighted by atomic mass is 16.2. The Labute approximate surface area is 149 Å². The van der Waals surface area contributed by atoms with Crippen LogP contribution in [0.25, 0.3) is 0 Å². The minimum Gasteiger partial charge on any atom is -0.370 e. The van der Waals surface area contributed by atoms with E-state index in [1.165, 1.54) is 24.1 Å². The predicted molar refractivity (Wildman–Crippen MR) is 100.0 cm³/mol. The standard InChI is InChI=1S/C18H29N6O/c1-23-8-11-24(12-9-23,13-10-23)14-17(25)22-16-4-2-15(3-5-16)6-7-21-18(19)20/h2-5H,6-14H2,1H3,(H4-,19,20,21,22,25)/q+1/p+1. The molecular weight excluding hydrogens is 316 g/mol. The number of piperazine rings is 3. The lowest BCUT2D eigenvalue weighted by Crippen LogP contribution is -2.74. The first-order valence-corrected chi connectivity index (χ1v) is 9.01. The number of carbonyl (C=O) groups excluding carboxylic acids is 1. The molecule has 1 amide bonds. The van der Waals surface area contributed by atoms with E-state index in [0.717, 1.165) is 41.8 Å². The second-order valence-corrected chi connectivity index (χ2v) is 7.76. The summed E-state index contributed by atoms with van der Waals surface area (Å²) in [6, 6.07) is 7.91. The molecule has 3 aliphatic heterocycles. The van der Waals surface area contributed by atoms with Crippen LogP contribution in [-0.2, 0) is 11.2 Å². The molecule has 7 nitrogen and oxygen atoms in total. The summed E-state index contributed by atoms with van der Waals surface area (Å²) >= 11 is 0. The zero-order chi connectivity index (χ0) is 17.9. The maximum atomic E-state index is 12.5. The number of aliphatic imine (C=N–C) groups is 1. The third kappa shape index (κ3) is 4.49. The fourth-order valence-electron chi connectivity index (χ4n) is 3.84. The third-order valence-electron chi connectivity index (χ3n) is 5.75. The molecule has 1 aromatic carbocycles. The smallest absolute Gasteiger partial charge is 0.279 e. The van der Waals surface area contributed by atoms with E-state index < -0.39 is 0 Å². The molecule has 4 rings (SSSR count). The number of nitrogens with zero attached hydrogens (tertiary/aromatic N) is 3. The minimum atomic E-state index is 0.117. The van der Waals surface area contributed by atoms with Gasteiger partial charge in [0.05, 0.1) is 7.05 Å². The Kier molecular flexibility index (Phi) is 4.96. The van der Waals surface area contributed by atoms with Gasteiger partial charge in [-0.2, -0.15) is 0 Å². The van der Waals surface area contributed by atoms with Crippen molar-refractivity contribution < 1.29 is 13.8 Å². The molecule has 0 unspecified atom stereocenters. The van der Waals surface area contributed by atoms with Crippen LogP contribution < -0.4 is 16.8 Å². The van der Waals surface area contributed by atoms with E-state index in [9.17, 15) is 4.79 Å². The molecule has 3 heterocycles. The van der Waals surface area contributed by atoms with E-state index in [-0.39, 0.29) is 11.9 Å². The van der Waals surface area contributed by atoms with Crippen LogP contribution in [0.15, 0.2) is 29.3 Å². The van der Waals surface area contributed by atoms with Crippen molar-refractivity contribution >= 4 is 17.6 Å². The molecule has 0 radical (unpaired) electrons. The van der Waals surface area contributed by atoms with Gasteiger partial charge in [-0.05, 0) is 24.1 Å². The molecule has 5 N–H and O–H groups in total. The summed E-state index contributed by atoms with van der Waals surface area (Å²) < 4.78 is 2.14. The van der Waals surface area contributed by atoms with E-state index in [1.54, 1.807) is 0 Å². The quantitative estimate of drug-likeness (QED) is 0.376. The lowest BCUT2D eigenvalue weighted by atomic mass is 10.1. The number of hydrogen-bond donors (Lipinski definition) is 3. The van der Waals surface area contributed by atoms with Crippen molar-refractivity contribution in [3.63, 3.8) is 0 Å². The van der Waals surface area contributed by atoms with E-state index >= 15 is 0 Å². The Hall–Kier alpha value is -2.12. The van der Waals surface area contributed by atoms with Crippen LogP contribution in [0.5, 0.6) is 0 Å². The van der Waals surface area contributed by atoms with Crippen LogP contribution in [0, 0.1) is 0 Å². The molecule has 0 saturated carbocycles. The molecule has 7 heteroatoms. The van der Waals surface area contributed by atoms with Gasteiger partial charge < -0.3 is 25.8 Å². The van der Waals surface area contributed by atoms with Crippen molar-refractivity contribution in [2.75, 3.05) is 64.7 Å². The maximum absolute atomic E-state index is 12.5. The third-order valence-corrected chi connectivity index (χ3v) is 5.75. The number of nitrogens with two attached hydrogens (primary N) is 2. The molecular formula is C18H30N6O+2. The van der Waals surface area contributed by atoms with Gasteiger partial charge in [-0.3, -0.25) is 9.79 Å². The van der Waals surface area contributed by atoms with Crippen molar-refractivity contribution in [2.24, 2.45) is 16.5 Å². The fraction of sp³-hybridized carbons (Fsp3) is 0.556. The summed E-state index contributed by atoms with van der Waals surface area (Å²) in [5, 5.41) is 3.05. The summed E-state index contributed by atoms with van der Waals surface area (Å²) in [4.78, 5) is 16.5. The van der Waals surface area contributed by atoms with Gasteiger partial charge in [0.2, 0.25) is 0 Å². The summed E-state index contributed by atoms with van der Waals surface area (Å²) in [7, 11) is 2.34. The van der Waals surface area contributed by atoms with Gasteiger partial charge in [0, 0.05) is 12.2 Å². The average Bonchev–Trinajstić information content (AvgIpc) is 2.57. The first-order valence-electron chi connectivity index (χ1n) is 9.01. The van der Waals surface area contributed by atoms with Gasteiger partial charge in [0.25, 0.3) is 5.91 Å². The van der Waals surface area contributed by atoms with Crippen molar-refractivity contribution in [1.29, 1.82) is 0 Å². The largest absolute Gasteiger partial charge is 0.370 e. The second-order valence-electron chi connectivity index (χ2n) is 7.76. The SMILES string of the molecule is C[N+]12CC[N+](CC(=O)Nc3ccc(CCN=C(N)N)cc3)(CC1)CC2. The normalized spacial score (nSPS) is 27.7. The number of quaternary nitrogens is 2. The first kappa shape index (κ1) is 17.7. The topological polar surface area (TPSA) is 93.5 Å². The van der Waals surface area contributed by atoms with E-state index in [2.05, 4.69) is 17.4 Å². The van der Waals surface area contributed by atoms with Crippen LogP contribution in [0.4, 0.5) is 5.69 Å². The molecule has 0 spiro atoms. The van der Waals surface area contributed by atoms with Crippen molar-refractivity contribution in [3.8, 4) is 0 Å². The number of amides is 1. The van der Waals surface area contributed by atoms with Gasteiger partial charge in [0.1, 0.15) is 39.3 Å². The Bertz CT molecular complexity index is 626. The summed E-state index contributed by atoms with van der Waals surface area (Å²) in [6.45, 7) is 8.10. The molecule has 0 aromatic heterocycles. The molecule has 3 aliphatic rings. The Morgan fingerprint density at radius 2 is 1.68 bits per heavy atom. The molecule has 0 aliphatic carbocycles. The number of likely N-dealkylation sites (N-methyl/N-ethyl adjacent to an activating group) is 1. The highest BCUT2D eigenvalue weighted by molar-refractivity contribution is 5.91. The zero-order valence-electron chi connectivity index (χ0n) is 15.1. The molecule has 2 bridgehead atoms. The van der Waals surface area contributed by atoms with Crippen LogP contribution in [0.2, 0.25) is 0 Å². The number of nitrogens with one attached hydrogen (secondary N) is 1. The molecule has 3 saturated heterocycles. The van der Waals surface area contributed by atoms with E-state index in [4.69, 9.17) is 11.5 Å². The maximum Gasteiger partial charge on any atom is 0.279 e. The Morgan fingerprint density at radius 3 is 2.24 bits per heavy atom. The number of guanidine groups is 1. The number of hydrogen-bond acceptors (Lipinski definition) is 2. The van der Waals surface area contributed by atoms with Crippen LogP contribution in [0.3, 0.4) is 0 Å². The van der Waals surface area contributed by atoms with Crippen molar-refractivity contribution in [2.45, 2.75) is 6.42 Å². The van der Waals surface area contributed by atoms with Crippen molar-refractivity contribution in [3.05, 3.63) is 29.8 Å². The van der Waals surface area contributed by atoms with Crippen LogP contribution >= 0.6 is 0 Å². The number of fused-ring (bicyclic) bond motifs is 3. The number of benzene rings is 1. The van der Waals surface area contributed by atoms with E-state index in [0.29, 0.717) is 13.1 Å². The predicted octanol–water partition coefficient (Wildman–Crippen LogP) is -0.268.